The molecule has 25 heavy (non-hydrogen) atoms. The minimum atomic E-state index is -0.752. The lowest BCUT2D eigenvalue weighted by atomic mass is 9.76. The number of rotatable bonds is 5. The average Bonchev–Trinajstić information content (AvgIpc) is 2.59. The molecule has 3 nitrogen and oxygen atoms in total. The number of carbonyl (C=O) groups excluding carboxylic acids is 1. The smallest absolute Gasteiger partial charge is 0.221 e. The van der Waals surface area contributed by atoms with Crippen LogP contribution in [-0.2, 0) is 4.79 Å². The highest BCUT2D eigenvalue weighted by molar-refractivity contribution is 5.77. The molecule has 1 saturated carbocycles. The topological polar surface area (TPSA) is 41.1 Å². The lowest BCUT2D eigenvalue weighted by molar-refractivity contribution is -0.122. The Labute approximate surface area is 148 Å². The van der Waals surface area contributed by atoms with Crippen LogP contribution in [-0.4, -0.2) is 25.0 Å². The summed E-state index contributed by atoms with van der Waals surface area (Å²) >= 11 is 0. The molecule has 2 N–H and O–H groups in total. The first-order valence-corrected chi connectivity index (χ1v) is 9.48. The number of amides is 1. The van der Waals surface area contributed by atoms with Crippen molar-refractivity contribution in [2.45, 2.75) is 63.8 Å². The highest BCUT2D eigenvalue weighted by Gasteiger charge is 2.25. The minimum absolute atomic E-state index is 0.145. The summed E-state index contributed by atoms with van der Waals surface area (Å²) in [6, 6.07) is 3.03. The molecular formula is C20H28F2N2O. The number of carbonyl (C=O) groups is 1. The fourth-order valence-corrected chi connectivity index (χ4v) is 4.31. The standard InChI is InChI=1S/C20H28F2N2O/c1-13-10-18(21)19(22)12-17(13)15-4-2-14(3-5-15)6-8-23-16-7-9-24-20(25)11-16/h10,12,14-16,23H,2-9,11H2,1H3,(H,24,25)/t14-,15-,16-/m1/s1. The molecule has 1 heterocycles. The largest absolute Gasteiger partial charge is 0.356 e. The van der Waals surface area contributed by atoms with Gasteiger partial charge in [0.05, 0.1) is 0 Å². The maximum absolute atomic E-state index is 13.6. The van der Waals surface area contributed by atoms with Crippen molar-refractivity contribution in [2.24, 2.45) is 5.92 Å². The lowest BCUT2D eigenvalue weighted by Crippen LogP contribution is -2.43. The minimum Gasteiger partial charge on any atom is -0.356 e. The summed E-state index contributed by atoms with van der Waals surface area (Å²) in [5.41, 5.74) is 1.84. The molecule has 0 spiro atoms. The first kappa shape index (κ1) is 18.3. The van der Waals surface area contributed by atoms with Crippen molar-refractivity contribution >= 4 is 5.91 Å². The van der Waals surface area contributed by atoms with Crippen molar-refractivity contribution < 1.29 is 13.6 Å². The van der Waals surface area contributed by atoms with Gasteiger partial charge in [0, 0.05) is 19.0 Å². The van der Waals surface area contributed by atoms with Crippen molar-refractivity contribution in [3.05, 3.63) is 34.9 Å². The van der Waals surface area contributed by atoms with Gasteiger partial charge in [-0.1, -0.05) is 0 Å². The molecule has 2 aliphatic rings. The van der Waals surface area contributed by atoms with Crippen LogP contribution < -0.4 is 10.6 Å². The van der Waals surface area contributed by atoms with Crippen LogP contribution in [0.5, 0.6) is 0 Å². The Balaban J connectivity index is 1.43. The first-order valence-electron chi connectivity index (χ1n) is 9.48. The summed E-state index contributed by atoms with van der Waals surface area (Å²) in [7, 11) is 0. The van der Waals surface area contributed by atoms with Crippen molar-refractivity contribution in [1.82, 2.24) is 10.6 Å². The van der Waals surface area contributed by atoms with E-state index in [2.05, 4.69) is 10.6 Å². The van der Waals surface area contributed by atoms with E-state index in [0.29, 0.717) is 24.3 Å². The average molecular weight is 350 g/mol. The van der Waals surface area contributed by atoms with Crippen LogP contribution in [0.2, 0.25) is 0 Å². The molecule has 5 heteroatoms. The molecule has 1 aliphatic carbocycles. The molecule has 3 rings (SSSR count). The van der Waals surface area contributed by atoms with Gasteiger partial charge < -0.3 is 10.6 Å². The molecule has 138 valence electrons. The quantitative estimate of drug-likeness (QED) is 0.848. The fourth-order valence-electron chi connectivity index (χ4n) is 4.31. The van der Waals surface area contributed by atoms with E-state index in [0.717, 1.165) is 62.7 Å². The van der Waals surface area contributed by atoms with Crippen LogP contribution in [0.25, 0.3) is 0 Å². The Morgan fingerprint density at radius 1 is 1.12 bits per heavy atom. The first-order chi connectivity index (χ1) is 12.0. The lowest BCUT2D eigenvalue weighted by Gasteiger charge is -2.30. The highest BCUT2D eigenvalue weighted by atomic mass is 19.2. The third-order valence-corrected chi connectivity index (χ3v) is 5.83. The zero-order chi connectivity index (χ0) is 17.8. The SMILES string of the molecule is Cc1cc(F)c(F)cc1[C@H]1CC[C@H](CCN[C@@H]2CCNC(=O)C2)CC1. The number of hydrogen-bond acceptors (Lipinski definition) is 2. The molecule has 1 aromatic rings. The number of piperidine rings is 1. The molecule has 0 aromatic heterocycles. The van der Waals surface area contributed by atoms with Gasteiger partial charge in [0.2, 0.25) is 5.91 Å². The van der Waals surface area contributed by atoms with E-state index in [1.54, 1.807) is 0 Å². The van der Waals surface area contributed by atoms with Crippen LogP contribution >= 0.6 is 0 Å². The monoisotopic (exact) mass is 350 g/mol. The van der Waals surface area contributed by atoms with Crippen LogP contribution in [0, 0.1) is 24.5 Å². The van der Waals surface area contributed by atoms with Crippen molar-refractivity contribution in [1.29, 1.82) is 0 Å². The second-order valence-electron chi connectivity index (χ2n) is 7.62. The van der Waals surface area contributed by atoms with Crippen LogP contribution in [0.1, 0.15) is 62.0 Å². The number of aryl methyl sites for hydroxylation is 1. The molecule has 2 fully saturated rings. The zero-order valence-corrected chi connectivity index (χ0v) is 14.9. The number of halogens is 2. The normalized spacial score (nSPS) is 27.2. The fraction of sp³-hybridized carbons (Fsp3) is 0.650. The van der Waals surface area contributed by atoms with Gasteiger partial charge in [0.25, 0.3) is 0 Å². The molecule has 1 amide bonds. The van der Waals surface area contributed by atoms with Gasteiger partial charge in [-0.2, -0.15) is 0 Å². The Bertz CT molecular complexity index is 612. The van der Waals surface area contributed by atoms with Crippen molar-refractivity contribution in [2.75, 3.05) is 13.1 Å². The molecular weight excluding hydrogens is 322 g/mol. The van der Waals surface area contributed by atoms with E-state index < -0.39 is 11.6 Å². The van der Waals surface area contributed by atoms with Crippen molar-refractivity contribution in [3.63, 3.8) is 0 Å². The van der Waals surface area contributed by atoms with E-state index in [9.17, 15) is 13.6 Å². The van der Waals surface area contributed by atoms with Crippen molar-refractivity contribution in [3.8, 4) is 0 Å². The summed E-state index contributed by atoms with van der Waals surface area (Å²) in [6.07, 6.45) is 7.08. The van der Waals surface area contributed by atoms with Gasteiger partial charge >= 0.3 is 0 Å². The van der Waals surface area contributed by atoms with Gasteiger partial charge in [0.15, 0.2) is 11.6 Å². The molecule has 1 aromatic carbocycles. The zero-order valence-electron chi connectivity index (χ0n) is 14.9. The van der Waals surface area contributed by atoms with Gasteiger partial charge in [0.1, 0.15) is 0 Å². The van der Waals surface area contributed by atoms with E-state index in [-0.39, 0.29) is 5.91 Å². The molecule has 0 unspecified atom stereocenters. The van der Waals surface area contributed by atoms with E-state index in [4.69, 9.17) is 0 Å². The van der Waals surface area contributed by atoms with Gasteiger partial charge in [-0.3, -0.25) is 4.79 Å². The van der Waals surface area contributed by atoms with Gasteiger partial charge in [-0.05, 0) is 87.1 Å². The van der Waals surface area contributed by atoms with Gasteiger partial charge in [-0.15, -0.1) is 0 Å². The third-order valence-electron chi connectivity index (χ3n) is 5.83. The van der Waals surface area contributed by atoms with Crippen LogP contribution in [0.3, 0.4) is 0 Å². The number of nitrogens with one attached hydrogen (secondary N) is 2. The maximum atomic E-state index is 13.6. The predicted molar refractivity (Wildman–Crippen MR) is 94.4 cm³/mol. The third kappa shape index (κ3) is 4.78. The van der Waals surface area contributed by atoms with E-state index >= 15 is 0 Å². The van der Waals surface area contributed by atoms with Crippen LogP contribution in [0.15, 0.2) is 12.1 Å². The maximum Gasteiger partial charge on any atom is 0.221 e. The summed E-state index contributed by atoms with van der Waals surface area (Å²) < 4.78 is 26.8. The second kappa shape index (κ2) is 8.26. The summed E-state index contributed by atoms with van der Waals surface area (Å²) in [5, 5.41) is 6.37. The number of hydrogen-bond donors (Lipinski definition) is 2. The van der Waals surface area contributed by atoms with E-state index in [1.165, 1.54) is 12.1 Å². The van der Waals surface area contributed by atoms with E-state index in [1.807, 2.05) is 6.92 Å². The molecule has 1 saturated heterocycles. The predicted octanol–water partition coefficient (Wildman–Crippen LogP) is 3.81. The Kier molecular flexibility index (Phi) is 6.05. The van der Waals surface area contributed by atoms with Crippen LogP contribution in [0.4, 0.5) is 8.78 Å². The highest BCUT2D eigenvalue weighted by Crippen LogP contribution is 2.38. The van der Waals surface area contributed by atoms with Gasteiger partial charge in [-0.25, -0.2) is 8.78 Å². The molecule has 0 radical (unpaired) electrons. The Morgan fingerprint density at radius 2 is 1.84 bits per heavy atom. The molecule has 1 aliphatic heterocycles. The Hall–Kier alpha value is -1.49. The Morgan fingerprint density at radius 3 is 2.56 bits per heavy atom. The molecule has 0 bridgehead atoms. The summed E-state index contributed by atoms with van der Waals surface area (Å²) in [5.74, 6) is -0.305. The molecule has 1 atom stereocenters. The second-order valence-corrected chi connectivity index (χ2v) is 7.62. The summed E-state index contributed by atoms with van der Waals surface area (Å²) in [6.45, 7) is 3.60. The summed E-state index contributed by atoms with van der Waals surface area (Å²) in [4.78, 5) is 11.4. The number of benzene rings is 1.